The molecule has 2 saturated heterocycles. The average Bonchev–Trinajstić information content (AvgIpc) is 3.51. The summed E-state index contributed by atoms with van der Waals surface area (Å²) in [5, 5.41) is 5.38. The SMILES string of the molecule is COc1cc2c(cc1OCCCN1CCCC1)[nH]c1ccnc(OC3CCNC3)c12. The van der Waals surface area contributed by atoms with E-state index in [-0.39, 0.29) is 6.10 Å². The molecular formula is C23H30N4O3. The second-order valence-electron chi connectivity index (χ2n) is 8.20. The summed E-state index contributed by atoms with van der Waals surface area (Å²) in [4.78, 5) is 10.5. The third kappa shape index (κ3) is 3.91. The van der Waals surface area contributed by atoms with Gasteiger partial charge in [-0.05, 0) is 57.5 Å². The highest BCUT2D eigenvalue weighted by atomic mass is 16.5. The van der Waals surface area contributed by atoms with Gasteiger partial charge in [-0.3, -0.25) is 0 Å². The Bertz CT molecular complexity index is 1010. The van der Waals surface area contributed by atoms with E-state index in [9.17, 15) is 0 Å². The summed E-state index contributed by atoms with van der Waals surface area (Å²) in [6.45, 7) is 6.07. The molecule has 3 aromatic rings. The van der Waals surface area contributed by atoms with Crippen LogP contribution in [0.5, 0.6) is 17.4 Å². The number of hydrogen-bond acceptors (Lipinski definition) is 6. The molecule has 30 heavy (non-hydrogen) atoms. The van der Waals surface area contributed by atoms with E-state index in [1.165, 1.54) is 25.9 Å². The lowest BCUT2D eigenvalue weighted by Gasteiger charge is -2.15. The highest BCUT2D eigenvalue weighted by molar-refractivity contribution is 6.10. The van der Waals surface area contributed by atoms with Gasteiger partial charge in [0.1, 0.15) is 6.10 Å². The molecule has 0 spiro atoms. The molecule has 0 saturated carbocycles. The zero-order valence-corrected chi connectivity index (χ0v) is 17.6. The number of H-pyrrole nitrogens is 1. The van der Waals surface area contributed by atoms with E-state index < -0.39 is 0 Å². The molecular weight excluding hydrogens is 380 g/mol. The van der Waals surface area contributed by atoms with Gasteiger partial charge in [0.25, 0.3) is 0 Å². The van der Waals surface area contributed by atoms with Gasteiger partial charge in [0.2, 0.25) is 5.88 Å². The lowest BCUT2D eigenvalue weighted by Crippen LogP contribution is -2.21. The molecule has 1 aromatic carbocycles. The third-order valence-electron chi connectivity index (χ3n) is 6.13. The summed E-state index contributed by atoms with van der Waals surface area (Å²) in [6.07, 6.45) is 6.62. The van der Waals surface area contributed by atoms with Crippen molar-refractivity contribution < 1.29 is 14.2 Å². The van der Waals surface area contributed by atoms with Crippen LogP contribution in [0.2, 0.25) is 0 Å². The van der Waals surface area contributed by atoms with Crippen LogP contribution < -0.4 is 19.5 Å². The normalized spacial score (nSPS) is 19.7. The van der Waals surface area contributed by atoms with Crippen molar-refractivity contribution in [1.82, 2.24) is 20.2 Å². The van der Waals surface area contributed by atoms with Gasteiger partial charge in [0, 0.05) is 30.7 Å². The van der Waals surface area contributed by atoms with E-state index in [0.717, 1.165) is 65.8 Å². The summed E-state index contributed by atoms with van der Waals surface area (Å²) in [5.74, 6) is 2.18. The number of ether oxygens (including phenoxy) is 3. The van der Waals surface area contributed by atoms with Gasteiger partial charge in [0.05, 0.1) is 30.1 Å². The minimum absolute atomic E-state index is 0.160. The topological polar surface area (TPSA) is 71.6 Å². The summed E-state index contributed by atoms with van der Waals surface area (Å²) in [6, 6.07) is 6.05. The van der Waals surface area contributed by atoms with Crippen LogP contribution in [0, 0.1) is 0 Å². The maximum atomic E-state index is 6.22. The Morgan fingerprint density at radius 3 is 2.87 bits per heavy atom. The molecule has 0 bridgehead atoms. The van der Waals surface area contributed by atoms with Gasteiger partial charge in [-0.1, -0.05) is 0 Å². The van der Waals surface area contributed by atoms with Gasteiger partial charge >= 0.3 is 0 Å². The minimum atomic E-state index is 0.160. The molecule has 5 rings (SSSR count). The van der Waals surface area contributed by atoms with Gasteiger partial charge in [-0.25, -0.2) is 4.98 Å². The second kappa shape index (κ2) is 8.70. The van der Waals surface area contributed by atoms with Crippen LogP contribution >= 0.6 is 0 Å². The van der Waals surface area contributed by atoms with Crippen LogP contribution in [-0.4, -0.2) is 67.4 Å². The van der Waals surface area contributed by atoms with E-state index in [1.807, 2.05) is 18.2 Å². The number of pyridine rings is 1. The molecule has 0 aliphatic carbocycles. The molecule has 2 aromatic heterocycles. The standard InChI is InChI=1S/C23H30N4O3/c1-28-20-13-17-19(14-21(20)29-12-4-11-27-9-2-3-10-27)26-18-6-8-25-23(22(17)18)30-16-5-7-24-15-16/h6,8,13-14,16,24,26H,2-5,7,9-12,15H2,1H3. The highest BCUT2D eigenvalue weighted by Crippen LogP contribution is 2.39. The zero-order valence-electron chi connectivity index (χ0n) is 17.6. The number of likely N-dealkylation sites (tertiary alicyclic amines) is 1. The molecule has 2 N–H and O–H groups in total. The Morgan fingerprint density at radius 1 is 1.17 bits per heavy atom. The van der Waals surface area contributed by atoms with E-state index in [4.69, 9.17) is 14.2 Å². The fourth-order valence-electron chi connectivity index (χ4n) is 4.55. The van der Waals surface area contributed by atoms with Gasteiger partial charge in [0.15, 0.2) is 11.5 Å². The number of nitrogens with one attached hydrogen (secondary N) is 2. The van der Waals surface area contributed by atoms with Gasteiger partial charge < -0.3 is 29.4 Å². The number of rotatable bonds is 8. The van der Waals surface area contributed by atoms with Crippen molar-refractivity contribution in [2.45, 2.75) is 31.8 Å². The Balaban J connectivity index is 1.39. The monoisotopic (exact) mass is 410 g/mol. The largest absolute Gasteiger partial charge is 0.493 e. The van der Waals surface area contributed by atoms with Crippen molar-refractivity contribution in [3.05, 3.63) is 24.4 Å². The van der Waals surface area contributed by atoms with Crippen molar-refractivity contribution in [1.29, 1.82) is 0 Å². The molecule has 2 fully saturated rings. The summed E-state index contributed by atoms with van der Waals surface area (Å²) in [7, 11) is 1.69. The summed E-state index contributed by atoms with van der Waals surface area (Å²) in [5.41, 5.74) is 2.01. The third-order valence-corrected chi connectivity index (χ3v) is 6.13. The first-order valence-corrected chi connectivity index (χ1v) is 11.0. The molecule has 7 heteroatoms. The smallest absolute Gasteiger partial charge is 0.223 e. The van der Waals surface area contributed by atoms with Crippen LogP contribution in [-0.2, 0) is 0 Å². The van der Waals surface area contributed by atoms with Crippen molar-refractivity contribution in [3.8, 4) is 17.4 Å². The Hall–Kier alpha value is -2.51. The van der Waals surface area contributed by atoms with Crippen molar-refractivity contribution >= 4 is 21.8 Å². The van der Waals surface area contributed by atoms with E-state index in [1.54, 1.807) is 13.3 Å². The molecule has 1 unspecified atom stereocenters. The Labute approximate surface area is 176 Å². The minimum Gasteiger partial charge on any atom is -0.493 e. The quantitative estimate of drug-likeness (QED) is 0.555. The Kier molecular flexibility index (Phi) is 5.64. The number of hydrogen-bond donors (Lipinski definition) is 2. The maximum absolute atomic E-state index is 6.22. The predicted molar refractivity (Wildman–Crippen MR) is 118 cm³/mol. The number of methoxy groups -OCH3 is 1. The predicted octanol–water partition coefficient (Wildman–Crippen LogP) is 3.33. The van der Waals surface area contributed by atoms with E-state index >= 15 is 0 Å². The Morgan fingerprint density at radius 2 is 2.07 bits per heavy atom. The fourth-order valence-corrected chi connectivity index (χ4v) is 4.55. The number of aromatic amines is 1. The number of fused-ring (bicyclic) bond motifs is 3. The average molecular weight is 411 g/mol. The first-order valence-electron chi connectivity index (χ1n) is 11.0. The maximum Gasteiger partial charge on any atom is 0.223 e. The van der Waals surface area contributed by atoms with Crippen LogP contribution in [0.4, 0.5) is 0 Å². The van der Waals surface area contributed by atoms with Gasteiger partial charge in [-0.15, -0.1) is 0 Å². The number of nitrogens with zero attached hydrogens (tertiary/aromatic N) is 2. The molecule has 1 atom stereocenters. The second-order valence-corrected chi connectivity index (χ2v) is 8.20. The number of benzene rings is 1. The molecule has 160 valence electrons. The first-order chi connectivity index (χ1) is 14.8. The van der Waals surface area contributed by atoms with Crippen LogP contribution in [0.25, 0.3) is 21.8 Å². The van der Waals surface area contributed by atoms with Crippen LogP contribution in [0.1, 0.15) is 25.7 Å². The molecule has 0 amide bonds. The van der Waals surface area contributed by atoms with Crippen LogP contribution in [0.3, 0.4) is 0 Å². The molecule has 4 heterocycles. The molecule has 7 nitrogen and oxygen atoms in total. The van der Waals surface area contributed by atoms with Crippen molar-refractivity contribution in [2.24, 2.45) is 0 Å². The molecule has 2 aliphatic rings. The van der Waals surface area contributed by atoms with Gasteiger partial charge in [-0.2, -0.15) is 0 Å². The summed E-state index contributed by atoms with van der Waals surface area (Å²) < 4.78 is 18.0. The first kappa shape index (κ1) is 19.5. The zero-order chi connectivity index (χ0) is 20.3. The fraction of sp³-hybridized carbons (Fsp3) is 0.522. The summed E-state index contributed by atoms with van der Waals surface area (Å²) >= 11 is 0. The molecule has 2 aliphatic heterocycles. The van der Waals surface area contributed by atoms with E-state index in [2.05, 4.69) is 20.2 Å². The lowest BCUT2D eigenvalue weighted by atomic mass is 10.1. The van der Waals surface area contributed by atoms with Crippen molar-refractivity contribution in [3.63, 3.8) is 0 Å². The van der Waals surface area contributed by atoms with E-state index in [0.29, 0.717) is 12.5 Å². The lowest BCUT2D eigenvalue weighted by molar-refractivity contribution is 0.217. The van der Waals surface area contributed by atoms with Crippen molar-refractivity contribution in [2.75, 3.05) is 46.4 Å². The van der Waals surface area contributed by atoms with Crippen LogP contribution in [0.15, 0.2) is 24.4 Å². The number of aromatic nitrogens is 2. The molecule has 0 radical (unpaired) electrons. The highest BCUT2D eigenvalue weighted by Gasteiger charge is 2.20.